The number of thiophene rings is 1. The van der Waals surface area contributed by atoms with Crippen LogP contribution in [0.25, 0.3) is 0 Å². The highest BCUT2D eigenvalue weighted by Crippen LogP contribution is 2.23. The molecule has 9 nitrogen and oxygen atoms in total. The molecule has 2 amide bonds. The third-order valence-corrected chi connectivity index (χ3v) is 4.41. The van der Waals surface area contributed by atoms with Crippen LogP contribution in [0.2, 0.25) is 0 Å². The van der Waals surface area contributed by atoms with E-state index in [0.717, 1.165) is 4.88 Å². The Labute approximate surface area is 159 Å². The number of hydrazone groups is 1. The zero-order chi connectivity index (χ0) is 19.6. The van der Waals surface area contributed by atoms with Crippen LogP contribution < -0.4 is 21.8 Å². The van der Waals surface area contributed by atoms with Gasteiger partial charge in [-0.3, -0.25) is 14.4 Å². The first-order valence-corrected chi connectivity index (χ1v) is 8.82. The number of hydrogen-bond acceptors (Lipinski definition) is 6. The lowest BCUT2D eigenvalue weighted by atomic mass is 10.2. The van der Waals surface area contributed by atoms with Gasteiger partial charge in [-0.1, -0.05) is 6.07 Å². The van der Waals surface area contributed by atoms with Gasteiger partial charge in [0.25, 0.3) is 5.91 Å². The lowest BCUT2D eigenvalue weighted by molar-refractivity contribution is -0.136. The van der Waals surface area contributed by atoms with Crippen molar-refractivity contribution in [3.05, 3.63) is 46.2 Å². The largest absolute Gasteiger partial charge is 0.481 e. The molecule has 142 valence electrons. The quantitative estimate of drug-likeness (QED) is 0.190. The summed E-state index contributed by atoms with van der Waals surface area (Å²) >= 11 is 1.37. The van der Waals surface area contributed by atoms with Gasteiger partial charge in [-0.2, -0.15) is 5.10 Å². The van der Waals surface area contributed by atoms with Crippen molar-refractivity contribution in [2.45, 2.75) is 12.8 Å². The molecule has 0 aliphatic heterocycles. The number of anilines is 2. The van der Waals surface area contributed by atoms with Crippen LogP contribution in [-0.2, 0) is 16.0 Å². The molecule has 0 radical (unpaired) electrons. The van der Waals surface area contributed by atoms with Gasteiger partial charge in [0.1, 0.15) is 6.34 Å². The minimum atomic E-state index is -0.901. The fourth-order valence-corrected chi connectivity index (χ4v) is 3.02. The summed E-state index contributed by atoms with van der Waals surface area (Å²) in [5, 5.41) is 21.8. The second-order valence-corrected chi connectivity index (χ2v) is 6.39. The van der Waals surface area contributed by atoms with Gasteiger partial charge < -0.3 is 26.9 Å². The lowest BCUT2D eigenvalue weighted by Gasteiger charge is -2.08. The summed E-state index contributed by atoms with van der Waals surface area (Å²) in [5.74, 6) is 3.30. The minimum absolute atomic E-state index is 0.0145. The molecule has 0 atom stereocenters. The lowest BCUT2D eigenvalue weighted by Crippen LogP contribution is -2.33. The maximum absolute atomic E-state index is 12.2. The number of benzene rings is 1. The number of carbonyl (C=O) groups excluding carboxylic acids is 2. The van der Waals surface area contributed by atoms with Crippen molar-refractivity contribution in [1.82, 2.24) is 5.32 Å². The van der Waals surface area contributed by atoms with Gasteiger partial charge >= 0.3 is 5.97 Å². The van der Waals surface area contributed by atoms with Crippen molar-refractivity contribution in [1.29, 1.82) is 0 Å². The molecule has 27 heavy (non-hydrogen) atoms. The summed E-state index contributed by atoms with van der Waals surface area (Å²) in [6.45, 7) is -0.213. The molecule has 2 rings (SSSR count). The van der Waals surface area contributed by atoms with Crippen LogP contribution in [0.5, 0.6) is 0 Å². The Morgan fingerprint density at radius 2 is 2.07 bits per heavy atom. The summed E-state index contributed by atoms with van der Waals surface area (Å²) in [7, 11) is 0. The normalized spacial score (nSPS) is 10.5. The molecule has 10 heteroatoms. The first-order valence-electron chi connectivity index (χ1n) is 7.94. The Bertz CT molecular complexity index is 849. The Morgan fingerprint density at radius 3 is 2.81 bits per heavy atom. The van der Waals surface area contributed by atoms with Gasteiger partial charge in [-0.15, -0.1) is 11.3 Å². The fourth-order valence-electron chi connectivity index (χ4n) is 2.19. The van der Waals surface area contributed by atoms with Crippen molar-refractivity contribution in [3.63, 3.8) is 0 Å². The maximum atomic E-state index is 12.2. The Hall–Kier alpha value is -3.40. The molecule has 1 aromatic carbocycles. The number of nitrogens with two attached hydrogens (primary N) is 1. The summed E-state index contributed by atoms with van der Waals surface area (Å²) in [6, 6.07) is 8.33. The van der Waals surface area contributed by atoms with E-state index in [9.17, 15) is 14.4 Å². The van der Waals surface area contributed by atoms with Crippen molar-refractivity contribution < 1.29 is 19.5 Å². The number of nitrogens with one attached hydrogen (secondary N) is 3. The van der Waals surface area contributed by atoms with Crippen LogP contribution in [0.15, 0.2) is 40.8 Å². The summed E-state index contributed by atoms with van der Waals surface area (Å²) in [4.78, 5) is 35.7. The predicted molar refractivity (Wildman–Crippen MR) is 104 cm³/mol. The second kappa shape index (κ2) is 9.92. The van der Waals surface area contributed by atoms with Crippen LogP contribution >= 0.6 is 11.3 Å². The average molecular weight is 389 g/mol. The van der Waals surface area contributed by atoms with Gasteiger partial charge in [0.05, 0.1) is 18.7 Å². The summed E-state index contributed by atoms with van der Waals surface area (Å²) in [5.41, 5.74) is 1.56. The molecule has 1 aromatic heterocycles. The van der Waals surface area contributed by atoms with Crippen LogP contribution in [0.3, 0.4) is 0 Å². The zero-order valence-corrected chi connectivity index (χ0v) is 15.1. The topological polar surface area (TPSA) is 146 Å². The van der Waals surface area contributed by atoms with E-state index < -0.39 is 17.8 Å². The first kappa shape index (κ1) is 19.9. The number of hydrogen-bond donors (Lipinski definition) is 5. The number of nitrogens with zero attached hydrogens (tertiary/aromatic N) is 1. The van der Waals surface area contributed by atoms with Crippen LogP contribution in [0.4, 0.5) is 11.4 Å². The van der Waals surface area contributed by atoms with Gasteiger partial charge in [0.2, 0.25) is 5.91 Å². The van der Waals surface area contributed by atoms with E-state index in [2.05, 4.69) is 21.1 Å². The highest BCUT2D eigenvalue weighted by Gasteiger charge is 2.12. The number of aryl methyl sites for hydroxylation is 1. The SMILES string of the molecule is NN=CNc1cccc(C(=O)NCC(=O)Nc2ccsc2CCC(=O)O)c1. The third-order valence-electron chi connectivity index (χ3n) is 3.43. The Kier molecular flexibility index (Phi) is 7.32. The molecule has 0 fully saturated rings. The smallest absolute Gasteiger partial charge is 0.303 e. The monoisotopic (exact) mass is 389 g/mol. The summed E-state index contributed by atoms with van der Waals surface area (Å²) < 4.78 is 0. The van der Waals surface area contributed by atoms with Crippen molar-refractivity contribution in [3.8, 4) is 0 Å². The summed E-state index contributed by atoms with van der Waals surface area (Å²) in [6.07, 6.45) is 1.60. The van der Waals surface area contributed by atoms with Crippen LogP contribution in [0.1, 0.15) is 21.7 Å². The first-order chi connectivity index (χ1) is 13.0. The number of aliphatic carboxylic acids is 1. The molecule has 0 spiro atoms. The molecule has 6 N–H and O–H groups in total. The maximum Gasteiger partial charge on any atom is 0.303 e. The second-order valence-electron chi connectivity index (χ2n) is 5.39. The molecule has 0 saturated heterocycles. The van der Waals surface area contributed by atoms with Gasteiger partial charge in [-0.05, 0) is 36.1 Å². The number of carboxylic acid groups (broad SMARTS) is 1. The van der Waals surface area contributed by atoms with E-state index in [4.69, 9.17) is 10.9 Å². The minimum Gasteiger partial charge on any atom is -0.481 e. The number of carboxylic acids is 1. The molecule has 0 aliphatic carbocycles. The van der Waals surface area contributed by atoms with E-state index in [0.29, 0.717) is 23.4 Å². The average Bonchev–Trinajstić information content (AvgIpc) is 3.09. The Morgan fingerprint density at radius 1 is 1.26 bits per heavy atom. The number of carbonyl (C=O) groups is 3. The molecule has 2 aromatic rings. The van der Waals surface area contributed by atoms with Gasteiger partial charge in [-0.25, -0.2) is 0 Å². The molecule has 0 aliphatic rings. The van der Waals surface area contributed by atoms with E-state index in [1.54, 1.807) is 35.7 Å². The van der Waals surface area contributed by atoms with Crippen LogP contribution in [-0.4, -0.2) is 35.8 Å². The molecular weight excluding hydrogens is 370 g/mol. The Balaban J connectivity index is 1.88. The molecule has 0 bridgehead atoms. The van der Waals surface area contributed by atoms with Gasteiger partial charge in [0.15, 0.2) is 0 Å². The third kappa shape index (κ3) is 6.44. The molecule has 0 saturated carbocycles. The zero-order valence-electron chi connectivity index (χ0n) is 14.3. The highest BCUT2D eigenvalue weighted by molar-refractivity contribution is 7.10. The number of rotatable bonds is 9. The van der Waals surface area contributed by atoms with E-state index in [-0.39, 0.29) is 13.0 Å². The molecular formula is C17H19N5O4S. The van der Waals surface area contributed by atoms with Crippen molar-refractivity contribution >= 4 is 46.8 Å². The number of amides is 2. The van der Waals surface area contributed by atoms with Crippen molar-refractivity contribution in [2.24, 2.45) is 10.9 Å². The van der Waals surface area contributed by atoms with Crippen LogP contribution in [0, 0.1) is 0 Å². The van der Waals surface area contributed by atoms with E-state index in [1.807, 2.05) is 0 Å². The molecule has 0 unspecified atom stereocenters. The van der Waals surface area contributed by atoms with E-state index in [1.165, 1.54) is 17.7 Å². The predicted octanol–water partition coefficient (Wildman–Crippen LogP) is 1.45. The van der Waals surface area contributed by atoms with E-state index >= 15 is 0 Å². The standard InChI is InChI=1S/C17H19N5O4S/c18-21-10-20-12-3-1-2-11(8-12)17(26)19-9-15(23)22-13-6-7-27-14(13)4-5-16(24)25/h1-3,6-8,10H,4-5,9,18H2,(H,19,26)(H,20,21)(H,22,23)(H,24,25). The van der Waals surface area contributed by atoms with Gasteiger partial charge in [0, 0.05) is 16.1 Å². The van der Waals surface area contributed by atoms with Crippen molar-refractivity contribution in [2.75, 3.05) is 17.2 Å². The molecule has 1 heterocycles. The highest BCUT2D eigenvalue weighted by atomic mass is 32.1. The fraction of sp³-hybridized carbons (Fsp3) is 0.176.